The van der Waals surface area contributed by atoms with Gasteiger partial charge in [0.15, 0.2) is 11.5 Å². The van der Waals surface area contributed by atoms with Crippen LogP contribution in [0.2, 0.25) is 0 Å². The van der Waals surface area contributed by atoms with E-state index in [1.807, 2.05) is 63.2 Å². The Bertz CT molecular complexity index is 731. The molecule has 0 heterocycles. The van der Waals surface area contributed by atoms with Gasteiger partial charge in [-0.1, -0.05) is 18.2 Å². The molecule has 0 spiro atoms. The van der Waals surface area contributed by atoms with Crippen LogP contribution in [0.15, 0.2) is 42.5 Å². The number of benzene rings is 2. The highest BCUT2D eigenvalue weighted by Crippen LogP contribution is 2.28. The molecular formula is C21H28N2O3. The standard InChI is InChI=1S/C21H28N2O3/c1-5-23(18-9-7-8-16(3)14-18)21(24)22-13-12-17-10-11-19(26-6-2)20(15-17)25-4/h7-11,14-15H,5-6,12-13H2,1-4H3,(H,22,24). The van der Waals surface area contributed by atoms with Crippen molar-refractivity contribution >= 4 is 11.7 Å². The van der Waals surface area contributed by atoms with E-state index in [0.29, 0.717) is 25.4 Å². The number of aryl methyl sites for hydroxylation is 1. The molecule has 2 rings (SSSR count). The molecule has 2 aromatic rings. The number of methoxy groups -OCH3 is 1. The molecule has 0 saturated heterocycles. The summed E-state index contributed by atoms with van der Waals surface area (Å²) in [6, 6.07) is 13.7. The lowest BCUT2D eigenvalue weighted by Gasteiger charge is -2.22. The number of carbonyl (C=O) groups excluding carboxylic acids is 1. The van der Waals surface area contributed by atoms with Crippen LogP contribution >= 0.6 is 0 Å². The minimum absolute atomic E-state index is 0.0870. The predicted molar refractivity (Wildman–Crippen MR) is 105 cm³/mol. The van der Waals surface area contributed by atoms with Gasteiger partial charge in [0.2, 0.25) is 0 Å². The average Bonchev–Trinajstić information content (AvgIpc) is 2.63. The minimum atomic E-state index is -0.0870. The van der Waals surface area contributed by atoms with Gasteiger partial charge in [0.25, 0.3) is 0 Å². The van der Waals surface area contributed by atoms with Crippen LogP contribution in [0.25, 0.3) is 0 Å². The second-order valence-corrected chi connectivity index (χ2v) is 5.98. The molecule has 0 bridgehead atoms. The van der Waals surface area contributed by atoms with Gasteiger partial charge in [-0.05, 0) is 62.6 Å². The second-order valence-electron chi connectivity index (χ2n) is 5.98. The van der Waals surface area contributed by atoms with Crippen LogP contribution in [0.3, 0.4) is 0 Å². The molecule has 0 aromatic heterocycles. The number of nitrogens with one attached hydrogen (secondary N) is 1. The van der Waals surface area contributed by atoms with Crippen molar-refractivity contribution in [3.8, 4) is 11.5 Å². The average molecular weight is 356 g/mol. The molecule has 0 atom stereocenters. The van der Waals surface area contributed by atoms with Crippen molar-refractivity contribution in [3.63, 3.8) is 0 Å². The summed E-state index contributed by atoms with van der Waals surface area (Å²) in [5, 5.41) is 2.99. The van der Waals surface area contributed by atoms with Crippen molar-refractivity contribution < 1.29 is 14.3 Å². The minimum Gasteiger partial charge on any atom is -0.493 e. The fourth-order valence-corrected chi connectivity index (χ4v) is 2.79. The van der Waals surface area contributed by atoms with Crippen LogP contribution in [0.4, 0.5) is 10.5 Å². The van der Waals surface area contributed by atoms with Crippen LogP contribution in [0.1, 0.15) is 25.0 Å². The number of carbonyl (C=O) groups is 1. The van der Waals surface area contributed by atoms with Gasteiger partial charge in [0, 0.05) is 18.8 Å². The summed E-state index contributed by atoms with van der Waals surface area (Å²) >= 11 is 0. The Morgan fingerprint density at radius 1 is 1.12 bits per heavy atom. The number of ether oxygens (including phenoxy) is 2. The third-order valence-electron chi connectivity index (χ3n) is 4.09. The predicted octanol–water partition coefficient (Wildman–Crippen LogP) is 4.18. The van der Waals surface area contributed by atoms with E-state index in [2.05, 4.69) is 5.32 Å². The van der Waals surface area contributed by atoms with Gasteiger partial charge in [0.05, 0.1) is 13.7 Å². The van der Waals surface area contributed by atoms with E-state index < -0.39 is 0 Å². The highest BCUT2D eigenvalue weighted by molar-refractivity contribution is 5.91. The van der Waals surface area contributed by atoms with Gasteiger partial charge in [-0.3, -0.25) is 4.90 Å². The van der Waals surface area contributed by atoms with E-state index in [1.54, 1.807) is 12.0 Å². The Labute approximate surface area is 155 Å². The number of nitrogens with zero attached hydrogens (tertiary/aromatic N) is 1. The molecule has 5 heteroatoms. The first kappa shape index (κ1) is 19.6. The van der Waals surface area contributed by atoms with Crippen LogP contribution < -0.4 is 19.7 Å². The first-order valence-corrected chi connectivity index (χ1v) is 9.00. The van der Waals surface area contributed by atoms with E-state index in [-0.39, 0.29) is 6.03 Å². The highest BCUT2D eigenvalue weighted by atomic mass is 16.5. The van der Waals surface area contributed by atoms with Gasteiger partial charge in [-0.2, -0.15) is 0 Å². The van der Waals surface area contributed by atoms with Crippen LogP contribution in [-0.4, -0.2) is 32.8 Å². The van der Waals surface area contributed by atoms with Crippen LogP contribution in [0.5, 0.6) is 11.5 Å². The van der Waals surface area contributed by atoms with Gasteiger partial charge in [-0.15, -0.1) is 0 Å². The lowest BCUT2D eigenvalue weighted by atomic mass is 10.1. The van der Waals surface area contributed by atoms with Crippen molar-refractivity contribution in [2.75, 3.05) is 31.7 Å². The summed E-state index contributed by atoms with van der Waals surface area (Å²) in [5.41, 5.74) is 3.13. The van der Waals surface area contributed by atoms with Gasteiger partial charge < -0.3 is 14.8 Å². The summed E-state index contributed by atoms with van der Waals surface area (Å²) in [6.07, 6.45) is 0.722. The number of hydrogen-bond donors (Lipinski definition) is 1. The summed E-state index contributed by atoms with van der Waals surface area (Å²) in [4.78, 5) is 14.3. The van der Waals surface area contributed by atoms with E-state index >= 15 is 0 Å². The molecule has 2 aromatic carbocycles. The smallest absolute Gasteiger partial charge is 0.321 e. The SMILES string of the molecule is CCOc1ccc(CCNC(=O)N(CC)c2cccc(C)c2)cc1OC. The first-order chi connectivity index (χ1) is 12.6. The Balaban J connectivity index is 1.95. The molecule has 0 radical (unpaired) electrons. The molecule has 0 saturated carbocycles. The van der Waals surface area contributed by atoms with Gasteiger partial charge in [0.1, 0.15) is 0 Å². The number of amides is 2. The third-order valence-corrected chi connectivity index (χ3v) is 4.09. The van der Waals surface area contributed by atoms with E-state index in [4.69, 9.17) is 9.47 Å². The summed E-state index contributed by atoms with van der Waals surface area (Å²) in [6.45, 7) is 7.70. The molecule has 5 nitrogen and oxygen atoms in total. The van der Waals surface area contributed by atoms with Crippen molar-refractivity contribution in [2.45, 2.75) is 27.2 Å². The van der Waals surface area contributed by atoms with E-state index in [1.165, 1.54) is 0 Å². The van der Waals surface area contributed by atoms with Crippen molar-refractivity contribution in [1.82, 2.24) is 5.32 Å². The Morgan fingerprint density at radius 2 is 1.92 bits per heavy atom. The zero-order valence-corrected chi connectivity index (χ0v) is 16.0. The number of rotatable bonds is 8. The highest BCUT2D eigenvalue weighted by Gasteiger charge is 2.13. The summed E-state index contributed by atoms with van der Waals surface area (Å²) < 4.78 is 10.9. The van der Waals surface area contributed by atoms with Gasteiger partial charge >= 0.3 is 6.03 Å². The molecule has 0 aliphatic rings. The third kappa shape index (κ3) is 5.15. The number of urea groups is 1. The largest absolute Gasteiger partial charge is 0.493 e. The Morgan fingerprint density at radius 3 is 2.58 bits per heavy atom. The molecular weight excluding hydrogens is 328 g/mol. The van der Waals surface area contributed by atoms with Crippen LogP contribution in [-0.2, 0) is 6.42 Å². The Kier molecular flexibility index (Phi) is 7.33. The zero-order valence-electron chi connectivity index (χ0n) is 16.0. The molecule has 2 amide bonds. The normalized spacial score (nSPS) is 10.3. The lowest BCUT2D eigenvalue weighted by molar-refractivity contribution is 0.246. The topological polar surface area (TPSA) is 50.8 Å². The van der Waals surface area contributed by atoms with Crippen LogP contribution in [0, 0.1) is 6.92 Å². The monoisotopic (exact) mass is 356 g/mol. The maximum absolute atomic E-state index is 12.5. The van der Waals surface area contributed by atoms with Crippen molar-refractivity contribution in [1.29, 1.82) is 0 Å². The summed E-state index contributed by atoms with van der Waals surface area (Å²) in [5.74, 6) is 1.45. The zero-order chi connectivity index (χ0) is 18.9. The van der Waals surface area contributed by atoms with Crippen molar-refractivity contribution in [3.05, 3.63) is 53.6 Å². The number of hydrogen-bond acceptors (Lipinski definition) is 3. The Hall–Kier alpha value is -2.69. The van der Waals surface area contributed by atoms with E-state index in [9.17, 15) is 4.79 Å². The molecule has 26 heavy (non-hydrogen) atoms. The maximum atomic E-state index is 12.5. The molecule has 0 aliphatic carbocycles. The lowest BCUT2D eigenvalue weighted by Crippen LogP contribution is -2.40. The number of anilines is 1. The van der Waals surface area contributed by atoms with E-state index in [0.717, 1.165) is 29.0 Å². The quantitative estimate of drug-likeness (QED) is 0.772. The second kappa shape index (κ2) is 9.70. The molecule has 0 fully saturated rings. The fourth-order valence-electron chi connectivity index (χ4n) is 2.79. The van der Waals surface area contributed by atoms with Gasteiger partial charge in [-0.25, -0.2) is 4.79 Å². The molecule has 140 valence electrons. The molecule has 1 N–H and O–H groups in total. The molecule has 0 unspecified atom stereocenters. The summed E-state index contributed by atoms with van der Waals surface area (Å²) in [7, 11) is 1.63. The van der Waals surface area contributed by atoms with Crippen molar-refractivity contribution in [2.24, 2.45) is 0 Å². The first-order valence-electron chi connectivity index (χ1n) is 9.00. The molecule has 0 aliphatic heterocycles. The fraction of sp³-hybridized carbons (Fsp3) is 0.381. The maximum Gasteiger partial charge on any atom is 0.321 e.